The van der Waals surface area contributed by atoms with Crippen LogP contribution in [0.2, 0.25) is 0 Å². The third-order valence-electron chi connectivity index (χ3n) is 3.12. The number of benzene rings is 2. The Morgan fingerprint density at radius 2 is 1.67 bits per heavy atom. The van der Waals surface area contributed by atoms with Gasteiger partial charge in [-0.1, -0.05) is 18.2 Å². The fraction of sp³-hybridized carbons (Fsp3) is 0.0714. The van der Waals surface area contributed by atoms with Crippen LogP contribution in [0, 0.1) is 5.82 Å². The van der Waals surface area contributed by atoms with E-state index in [2.05, 4.69) is 5.10 Å². The van der Waals surface area contributed by atoms with E-state index in [1.807, 2.05) is 4.98 Å². The first kappa shape index (κ1) is 13.0. The van der Waals surface area contributed by atoms with Crippen LogP contribution in [0.25, 0.3) is 10.8 Å². The maximum absolute atomic E-state index is 13.1. The van der Waals surface area contributed by atoms with Gasteiger partial charge in [0.25, 0.3) is 0 Å². The third-order valence-corrected chi connectivity index (χ3v) is 3.12. The van der Waals surface area contributed by atoms with Crippen molar-refractivity contribution in [3.05, 3.63) is 79.0 Å². The molecule has 0 saturated carbocycles. The minimum atomic E-state index is -0.981. The van der Waals surface area contributed by atoms with Gasteiger partial charge in [-0.05, 0) is 34.5 Å². The zero-order chi connectivity index (χ0) is 15.0. The van der Waals surface area contributed by atoms with Crippen molar-refractivity contribution in [3.63, 3.8) is 0 Å². The summed E-state index contributed by atoms with van der Waals surface area (Å²) in [5, 5.41) is 3.75. The lowest BCUT2D eigenvalue weighted by Crippen LogP contribution is -2.43. The zero-order valence-corrected chi connectivity index (χ0v) is 10.7. The van der Waals surface area contributed by atoms with E-state index in [9.17, 15) is 18.8 Å². The Kier molecular flexibility index (Phi) is 3.02. The Morgan fingerprint density at radius 1 is 0.952 bits per heavy atom. The first-order chi connectivity index (χ1) is 10.0. The van der Waals surface area contributed by atoms with Gasteiger partial charge in [0.2, 0.25) is 0 Å². The Balaban J connectivity index is 2.04. The van der Waals surface area contributed by atoms with E-state index < -0.39 is 16.8 Å². The summed E-state index contributed by atoms with van der Waals surface area (Å²) in [6.07, 6.45) is 0. The van der Waals surface area contributed by atoms with Crippen LogP contribution in [-0.2, 0) is 6.54 Å². The highest BCUT2D eigenvalue weighted by atomic mass is 19.1. The Labute approximate surface area is 116 Å². The average molecular weight is 287 g/mol. The van der Waals surface area contributed by atoms with E-state index in [1.54, 1.807) is 24.3 Å². The van der Waals surface area contributed by atoms with Crippen LogP contribution in [0.5, 0.6) is 0 Å². The second kappa shape index (κ2) is 4.86. The van der Waals surface area contributed by atoms with E-state index in [0.717, 1.165) is 21.0 Å². The molecule has 21 heavy (non-hydrogen) atoms. The topological polar surface area (TPSA) is 87.7 Å². The number of aromatic amines is 2. The summed E-state index contributed by atoms with van der Waals surface area (Å²) in [4.78, 5) is 35.8. The summed E-state index contributed by atoms with van der Waals surface area (Å²) in [5.41, 5.74) is -1.83. The van der Waals surface area contributed by atoms with Gasteiger partial charge in [-0.25, -0.2) is 13.9 Å². The van der Waals surface area contributed by atoms with Crippen LogP contribution in [0.1, 0.15) is 5.56 Å². The maximum atomic E-state index is 13.1. The first-order valence-electron chi connectivity index (χ1n) is 6.14. The minimum absolute atomic E-state index is 0.0954. The molecule has 2 N–H and O–H groups in total. The van der Waals surface area contributed by atoms with E-state index in [0.29, 0.717) is 0 Å². The molecule has 0 aliphatic heterocycles. The molecular formula is C14H10FN3O3. The van der Waals surface area contributed by atoms with E-state index in [1.165, 1.54) is 12.1 Å². The summed E-state index contributed by atoms with van der Waals surface area (Å²) in [6.45, 7) is 0.0954. The van der Waals surface area contributed by atoms with E-state index >= 15 is 0 Å². The SMILES string of the molecule is O=c1[nH]c(=O)n(Cc2ccc3cc(F)ccc3c2)[nH]c1=O. The van der Waals surface area contributed by atoms with Crippen molar-refractivity contribution in [2.75, 3.05) is 0 Å². The molecule has 3 aromatic rings. The third kappa shape index (κ3) is 2.53. The van der Waals surface area contributed by atoms with Crippen molar-refractivity contribution < 1.29 is 4.39 Å². The zero-order valence-electron chi connectivity index (χ0n) is 10.7. The van der Waals surface area contributed by atoms with Gasteiger partial charge in [-0.15, -0.1) is 0 Å². The van der Waals surface area contributed by atoms with Crippen LogP contribution in [-0.4, -0.2) is 14.8 Å². The van der Waals surface area contributed by atoms with Crippen molar-refractivity contribution >= 4 is 10.8 Å². The van der Waals surface area contributed by atoms with Gasteiger partial charge in [-0.2, -0.15) is 0 Å². The maximum Gasteiger partial charge on any atom is 0.343 e. The van der Waals surface area contributed by atoms with Crippen molar-refractivity contribution in [1.82, 2.24) is 14.8 Å². The predicted octanol–water partition coefficient (Wildman–Crippen LogP) is 0.565. The van der Waals surface area contributed by atoms with Gasteiger partial charge in [0.1, 0.15) is 5.82 Å². The van der Waals surface area contributed by atoms with Crippen LogP contribution in [0.3, 0.4) is 0 Å². The Hall–Kier alpha value is -2.96. The molecule has 0 saturated heterocycles. The molecule has 0 amide bonds. The molecule has 1 heterocycles. The molecule has 0 radical (unpaired) electrons. The second-order valence-electron chi connectivity index (χ2n) is 4.61. The minimum Gasteiger partial charge on any atom is -0.268 e. The monoisotopic (exact) mass is 287 g/mol. The molecule has 1 aromatic heterocycles. The number of aromatic nitrogens is 3. The van der Waals surface area contributed by atoms with Crippen LogP contribution < -0.4 is 16.8 Å². The Bertz CT molecular complexity index is 1000. The van der Waals surface area contributed by atoms with Crippen molar-refractivity contribution in [3.8, 4) is 0 Å². The fourth-order valence-corrected chi connectivity index (χ4v) is 2.10. The molecule has 7 heteroatoms. The molecule has 2 aromatic carbocycles. The molecule has 0 bridgehead atoms. The number of hydrogen-bond acceptors (Lipinski definition) is 3. The fourth-order valence-electron chi connectivity index (χ4n) is 2.10. The number of halogens is 1. The molecule has 0 atom stereocenters. The largest absolute Gasteiger partial charge is 0.343 e. The number of nitrogens with zero attached hydrogens (tertiary/aromatic N) is 1. The van der Waals surface area contributed by atoms with Crippen molar-refractivity contribution in [1.29, 1.82) is 0 Å². The lowest BCUT2D eigenvalue weighted by Gasteiger charge is -2.06. The molecule has 0 fully saturated rings. The molecule has 0 aliphatic carbocycles. The predicted molar refractivity (Wildman–Crippen MR) is 75.0 cm³/mol. The molecule has 3 rings (SSSR count). The van der Waals surface area contributed by atoms with Crippen molar-refractivity contribution in [2.24, 2.45) is 0 Å². The van der Waals surface area contributed by atoms with Gasteiger partial charge in [0, 0.05) is 0 Å². The molecule has 106 valence electrons. The van der Waals surface area contributed by atoms with Gasteiger partial charge in [0.15, 0.2) is 0 Å². The molecule has 0 spiro atoms. The smallest absolute Gasteiger partial charge is 0.268 e. The van der Waals surface area contributed by atoms with Gasteiger partial charge < -0.3 is 0 Å². The molecule has 6 nitrogen and oxygen atoms in total. The number of rotatable bonds is 2. The van der Waals surface area contributed by atoms with Crippen LogP contribution in [0.4, 0.5) is 4.39 Å². The quantitative estimate of drug-likeness (QED) is 0.675. The van der Waals surface area contributed by atoms with E-state index in [-0.39, 0.29) is 12.4 Å². The number of H-pyrrole nitrogens is 2. The lowest BCUT2D eigenvalue weighted by atomic mass is 10.1. The van der Waals surface area contributed by atoms with Gasteiger partial charge >= 0.3 is 16.8 Å². The average Bonchev–Trinajstić information content (AvgIpc) is 2.45. The number of hydrogen-bond donors (Lipinski definition) is 2. The van der Waals surface area contributed by atoms with E-state index in [4.69, 9.17) is 0 Å². The summed E-state index contributed by atoms with van der Waals surface area (Å²) < 4.78 is 14.1. The van der Waals surface area contributed by atoms with Crippen molar-refractivity contribution in [2.45, 2.75) is 6.54 Å². The highest BCUT2D eigenvalue weighted by Gasteiger charge is 2.04. The summed E-state index contributed by atoms with van der Waals surface area (Å²) in [7, 11) is 0. The highest BCUT2D eigenvalue weighted by molar-refractivity contribution is 5.83. The van der Waals surface area contributed by atoms with Gasteiger partial charge in [-0.3, -0.25) is 19.7 Å². The molecular weight excluding hydrogens is 277 g/mol. The number of fused-ring (bicyclic) bond motifs is 1. The van der Waals surface area contributed by atoms with Gasteiger partial charge in [0.05, 0.1) is 6.54 Å². The number of nitrogens with one attached hydrogen (secondary N) is 2. The first-order valence-corrected chi connectivity index (χ1v) is 6.14. The second-order valence-corrected chi connectivity index (χ2v) is 4.61. The normalized spacial score (nSPS) is 10.9. The van der Waals surface area contributed by atoms with Crippen LogP contribution in [0.15, 0.2) is 50.8 Å². The summed E-state index contributed by atoms with van der Waals surface area (Å²) >= 11 is 0. The highest BCUT2D eigenvalue weighted by Crippen LogP contribution is 2.17. The Morgan fingerprint density at radius 3 is 2.48 bits per heavy atom. The molecule has 0 aliphatic rings. The summed E-state index contributed by atoms with van der Waals surface area (Å²) in [6, 6.07) is 9.62. The standard InChI is InChI=1S/C14H10FN3O3/c15-11-4-3-9-5-8(1-2-10(9)6-11)7-18-14(21)16-12(19)13(20)17-18/h1-6H,7H2,(H,17,20)(H,16,19,21). The lowest BCUT2D eigenvalue weighted by molar-refractivity contribution is 0.594. The summed E-state index contributed by atoms with van der Waals surface area (Å²) in [5.74, 6) is -0.323. The molecule has 0 unspecified atom stereocenters. The van der Waals surface area contributed by atoms with Crippen LogP contribution >= 0.6 is 0 Å².